The van der Waals surface area contributed by atoms with Crippen molar-refractivity contribution in [2.24, 2.45) is 0 Å². The van der Waals surface area contributed by atoms with E-state index in [1.54, 1.807) is 25.1 Å². The Kier molecular flexibility index (Phi) is 4.78. The fraction of sp³-hybridized carbons (Fsp3) is 0.133. The molecule has 20 heavy (non-hydrogen) atoms. The Morgan fingerprint density at radius 2 is 1.90 bits per heavy atom. The van der Waals surface area contributed by atoms with Crippen molar-refractivity contribution in [3.8, 4) is 5.75 Å². The van der Waals surface area contributed by atoms with Gasteiger partial charge in [0.05, 0.1) is 4.47 Å². The average molecular weight is 358 g/mol. The van der Waals surface area contributed by atoms with Gasteiger partial charge in [-0.3, -0.25) is 4.79 Å². The molecule has 0 spiro atoms. The molecule has 5 heteroatoms. The van der Waals surface area contributed by atoms with Crippen LogP contribution in [0, 0.1) is 5.82 Å². The van der Waals surface area contributed by atoms with Crippen LogP contribution in [0.4, 0.5) is 4.39 Å². The number of rotatable bonds is 4. The highest BCUT2D eigenvalue weighted by Gasteiger charge is 2.18. The van der Waals surface area contributed by atoms with Crippen LogP contribution in [0.15, 0.2) is 46.9 Å². The molecule has 0 amide bonds. The van der Waals surface area contributed by atoms with Crippen molar-refractivity contribution in [2.75, 3.05) is 0 Å². The Bertz CT molecular complexity index is 628. The monoisotopic (exact) mass is 356 g/mol. The molecule has 2 aromatic carbocycles. The molecule has 0 aliphatic rings. The van der Waals surface area contributed by atoms with Gasteiger partial charge in [0.25, 0.3) is 0 Å². The first-order chi connectivity index (χ1) is 9.47. The average Bonchev–Trinajstić information content (AvgIpc) is 2.42. The summed E-state index contributed by atoms with van der Waals surface area (Å²) in [6.45, 7) is 1.65. The number of Topliss-reactive ketones (excluding diaryl/α,β-unsaturated/α-hetero) is 1. The van der Waals surface area contributed by atoms with Crippen molar-refractivity contribution in [1.82, 2.24) is 0 Å². The second kappa shape index (κ2) is 6.37. The lowest BCUT2D eigenvalue weighted by molar-refractivity contribution is 0.0817. The molecule has 0 fully saturated rings. The molecule has 2 nitrogen and oxygen atoms in total. The number of halogens is 3. The largest absolute Gasteiger partial charge is 0.481 e. The van der Waals surface area contributed by atoms with Gasteiger partial charge in [0.2, 0.25) is 5.78 Å². The van der Waals surface area contributed by atoms with Crippen LogP contribution in [-0.2, 0) is 0 Å². The summed E-state index contributed by atoms with van der Waals surface area (Å²) in [5.74, 6) is -0.0696. The molecule has 0 aliphatic carbocycles. The minimum absolute atomic E-state index is 0.216. The lowest BCUT2D eigenvalue weighted by Crippen LogP contribution is -2.24. The summed E-state index contributed by atoms with van der Waals surface area (Å²) in [5.41, 5.74) is 0.406. The van der Waals surface area contributed by atoms with Gasteiger partial charge in [0.1, 0.15) is 11.6 Å². The highest BCUT2D eigenvalue weighted by Crippen LogP contribution is 2.29. The van der Waals surface area contributed by atoms with Gasteiger partial charge in [-0.2, -0.15) is 0 Å². The molecule has 0 aromatic heterocycles. The van der Waals surface area contributed by atoms with Crippen molar-refractivity contribution in [3.63, 3.8) is 0 Å². The maximum absolute atomic E-state index is 12.8. The van der Waals surface area contributed by atoms with E-state index < -0.39 is 6.10 Å². The first kappa shape index (κ1) is 15.0. The summed E-state index contributed by atoms with van der Waals surface area (Å²) in [5, 5.41) is 0.571. The van der Waals surface area contributed by atoms with E-state index in [1.165, 1.54) is 24.3 Å². The van der Waals surface area contributed by atoms with Crippen LogP contribution in [0.1, 0.15) is 17.3 Å². The Morgan fingerprint density at radius 1 is 1.25 bits per heavy atom. The van der Waals surface area contributed by atoms with E-state index in [0.29, 0.717) is 20.8 Å². The van der Waals surface area contributed by atoms with Crippen molar-refractivity contribution in [1.29, 1.82) is 0 Å². The van der Waals surface area contributed by atoms with Gasteiger partial charge >= 0.3 is 0 Å². The third kappa shape index (κ3) is 3.58. The molecule has 1 atom stereocenters. The fourth-order valence-corrected chi connectivity index (χ4v) is 2.44. The molecule has 0 N–H and O–H groups in total. The number of ketones is 1. The van der Waals surface area contributed by atoms with Crippen LogP contribution in [0.3, 0.4) is 0 Å². The predicted octanol–water partition coefficient (Wildman–Crippen LogP) is 4.89. The molecule has 2 aromatic rings. The summed E-state index contributed by atoms with van der Waals surface area (Å²) in [6.07, 6.45) is -0.682. The highest BCUT2D eigenvalue weighted by molar-refractivity contribution is 9.10. The number of carbonyl (C=O) groups excluding carboxylic acids is 1. The molecule has 2 rings (SSSR count). The normalized spacial score (nSPS) is 12.0. The van der Waals surface area contributed by atoms with E-state index in [2.05, 4.69) is 15.9 Å². The third-order valence-corrected chi connectivity index (χ3v) is 3.55. The van der Waals surface area contributed by atoms with E-state index in [9.17, 15) is 9.18 Å². The van der Waals surface area contributed by atoms with Crippen molar-refractivity contribution < 1.29 is 13.9 Å². The van der Waals surface area contributed by atoms with Crippen molar-refractivity contribution in [2.45, 2.75) is 13.0 Å². The summed E-state index contributed by atoms with van der Waals surface area (Å²) in [6, 6.07) is 10.4. The number of hydrogen-bond donors (Lipinski definition) is 0. The zero-order valence-corrected chi connectivity index (χ0v) is 12.9. The molecule has 1 unspecified atom stereocenters. The third-order valence-electron chi connectivity index (χ3n) is 2.70. The van der Waals surface area contributed by atoms with Gasteiger partial charge in [-0.1, -0.05) is 11.6 Å². The maximum Gasteiger partial charge on any atom is 0.202 e. The van der Waals surface area contributed by atoms with Gasteiger partial charge in [0.15, 0.2) is 6.10 Å². The number of hydrogen-bond acceptors (Lipinski definition) is 2. The summed E-state index contributed by atoms with van der Waals surface area (Å²) >= 11 is 9.16. The second-order valence-corrected chi connectivity index (χ2v) is 5.50. The van der Waals surface area contributed by atoms with Crippen LogP contribution in [0.25, 0.3) is 0 Å². The minimum atomic E-state index is -0.682. The smallest absolute Gasteiger partial charge is 0.202 e. The van der Waals surface area contributed by atoms with E-state index in [0.717, 1.165) is 0 Å². The summed E-state index contributed by atoms with van der Waals surface area (Å²) in [4.78, 5) is 12.1. The van der Waals surface area contributed by atoms with Gasteiger partial charge < -0.3 is 4.74 Å². The molecule has 0 bridgehead atoms. The molecule has 0 saturated heterocycles. The standard InChI is InChI=1S/C15H11BrClFO2/c1-9(15(19)10-2-5-12(18)6-3-10)20-14-7-4-11(17)8-13(14)16/h2-9H,1H3. The van der Waals surface area contributed by atoms with Crippen molar-refractivity contribution in [3.05, 3.63) is 63.3 Å². The van der Waals surface area contributed by atoms with Crippen LogP contribution in [-0.4, -0.2) is 11.9 Å². The molecular weight excluding hydrogens is 347 g/mol. The molecular formula is C15H11BrClFO2. The van der Waals surface area contributed by atoms with E-state index in [4.69, 9.17) is 16.3 Å². The maximum atomic E-state index is 12.8. The zero-order valence-electron chi connectivity index (χ0n) is 10.6. The van der Waals surface area contributed by atoms with Crippen LogP contribution in [0.5, 0.6) is 5.75 Å². The van der Waals surface area contributed by atoms with Gasteiger partial charge in [-0.05, 0) is 65.3 Å². The van der Waals surface area contributed by atoms with E-state index >= 15 is 0 Å². The summed E-state index contributed by atoms with van der Waals surface area (Å²) < 4.78 is 19.1. The second-order valence-electron chi connectivity index (χ2n) is 4.21. The first-order valence-corrected chi connectivity index (χ1v) is 7.06. The Labute approximate surface area is 129 Å². The molecule has 0 heterocycles. The number of ether oxygens (including phenoxy) is 1. The topological polar surface area (TPSA) is 26.3 Å². The van der Waals surface area contributed by atoms with Crippen LogP contribution >= 0.6 is 27.5 Å². The Balaban J connectivity index is 2.13. The Hall–Kier alpha value is -1.39. The zero-order chi connectivity index (χ0) is 14.7. The molecule has 0 aliphatic heterocycles. The number of carbonyl (C=O) groups is 1. The molecule has 104 valence electrons. The Morgan fingerprint density at radius 3 is 2.50 bits per heavy atom. The predicted molar refractivity (Wildman–Crippen MR) is 80.0 cm³/mol. The quantitative estimate of drug-likeness (QED) is 0.728. The number of benzene rings is 2. The van der Waals surface area contributed by atoms with Gasteiger partial charge in [-0.25, -0.2) is 4.39 Å². The molecule has 0 saturated carbocycles. The molecule has 0 radical (unpaired) electrons. The van der Waals surface area contributed by atoms with Gasteiger partial charge in [0, 0.05) is 10.6 Å². The SMILES string of the molecule is CC(Oc1ccc(Cl)cc1Br)C(=O)c1ccc(F)cc1. The van der Waals surface area contributed by atoms with E-state index in [1.807, 2.05) is 0 Å². The summed E-state index contributed by atoms with van der Waals surface area (Å²) in [7, 11) is 0. The highest BCUT2D eigenvalue weighted by atomic mass is 79.9. The van der Waals surface area contributed by atoms with Crippen LogP contribution in [0.2, 0.25) is 5.02 Å². The minimum Gasteiger partial charge on any atom is -0.481 e. The van der Waals surface area contributed by atoms with Gasteiger partial charge in [-0.15, -0.1) is 0 Å². The van der Waals surface area contributed by atoms with Crippen LogP contribution < -0.4 is 4.74 Å². The van der Waals surface area contributed by atoms with Crippen molar-refractivity contribution >= 4 is 33.3 Å². The fourth-order valence-electron chi connectivity index (χ4n) is 1.66. The lowest BCUT2D eigenvalue weighted by atomic mass is 10.1. The van der Waals surface area contributed by atoms with E-state index in [-0.39, 0.29) is 11.6 Å². The first-order valence-electron chi connectivity index (χ1n) is 5.89. The lowest BCUT2D eigenvalue weighted by Gasteiger charge is -2.15.